The van der Waals surface area contributed by atoms with E-state index in [0.717, 1.165) is 6.61 Å². The van der Waals surface area contributed by atoms with E-state index in [1.807, 2.05) is 11.3 Å². The molecule has 1 rings (SSSR count). The molecule has 1 nitrogen and oxygen atoms in total. The molecule has 62 valence electrons. The summed E-state index contributed by atoms with van der Waals surface area (Å²) in [5.41, 5.74) is 1.34. The normalized spacial score (nSPS) is 10.9. The number of hydrogen-bond acceptors (Lipinski definition) is 2. The molecule has 0 aliphatic heterocycles. The van der Waals surface area contributed by atoms with Crippen LogP contribution in [0.3, 0.4) is 0 Å². The Labute approximate surface area is 72.0 Å². The van der Waals surface area contributed by atoms with Gasteiger partial charge in [-0.25, -0.2) is 0 Å². The maximum atomic E-state index is 5.08. The minimum Gasteiger partial charge on any atom is -0.380 e. The molecule has 0 spiro atoms. The second kappa shape index (κ2) is 3.88. The zero-order valence-electron chi connectivity index (χ0n) is 7.26. The number of ether oxygens (including phenoxy) is 1. The summed E-state index contributed by atoms with van der Waals surface area (Å²) in [6, 6.07) is 2.14. The molecule has 0 saturated carbocycles. The highest BCUT2D eigenvalue weighted by Gasteiger charge is 2.06. The summed E-state index contributed by atoms with van der Waals surface area (Å²) in [7, 11) is 1.74. The van der Waals surface area contributed by atoms with Crippen molar-refractivity contribution in [3.8, 4) is 0 Å². The summed E-state index contributed by atoms with van der Waals surface area (Å²) in [5.74, 6) is 0.625. The molecule has 0 aliphatic carbocycles. The highest BCUT2D eigenvalue weighted by molar-refractivity contribution is 7.10. The summed E-state index contributed by atoms with van der Waals surface area (Å²) in [4.78, 5) is 1.45. The molecular formula is C9H14OS. The lowest BCUT2D eigenvalue weighted by Crippen LogP contribution is -1.91. The molecule has 0 aromatic carbocycles. The summed E-state index contributed by atoms with van der Waals surface area (Å²) >= 11 is 1.82. The van der Waals surface area contributed by atoms with E-state index in [0.29, 0.717) is 5.92 Å². The zero-order chi connectivity index (χ0) is 8.27. The Morgan fingerprint density at radius 2 is 2.27 bits per heavy atom. The van der Waals surface area contributed by atoms with Crippen molar-refractivity contribution in [2.45, 2.75) is 26.4 Å². The predicted octanol–water partition coefficient (Wildman–Crippen LogP) is 3.02. The number of thiophene rings is 1. The largest absolute Gasteiger partial charge is 0.380 e. The van der Waals surface area contributed by atoms with E-state index >= 15 is 0 Å². The Kier molecular flexibility index (Phi) is 3.09. The van der Waals surface area contributed by atoms with Crippen molar-refractivity contribution in [1.29, 1.82) is 0 Å². The van der Waals surface area contributed by atoms with Crippen molar-refractivity contribution in [2.24, 2.45) is 0 Å². The van der Waals surface area contributed by atoms with Gasteiger partial charge < -0.3 is 4.74 Å². The van der Waals surface area contributed by atoms with Crippen molar-refractivity contribution in [3.63, 3.8) is 0 Å². The van der Waals surface area contributed by atoms with Gasteiger partial charge >= 0.3 is 0 Å². The number of hydrogen-bond donors (Lipinski definition) is 0. The Morgan fingerprint density at radius 3 is 2.82 bits per heavy atom. The molecule has 0 unspecified atom stereocenters. The molecule has 0 amide bonds. The SMILES string of the molecule is COCc1ccsc1C(C)C. The van der Waals surface area contributed by atoms with Crippen LogP contribution in [0.15, 0.2) is 11.4 Å². The van der Waals surface area contributed by atoms with Crippen LogP contribution in [0, 0.1) is 0 Å². The fraction of sp³-hybridized carbons (Fsp3) is 0.556. The average Bonchev–Trinajstić information content (AvgIpc) is 2.36. The summed E-state index contributed by atoms with van der Waals surface area (Å²) in [5, 5.41) is 2.13. The van der Waals surface area contributed by atoms with E-state index in [-0.39, 0.29) is 0 Å². The van der Waals surface area contributed by atoms with Gasteiger partial charge in [0.1, 0.15) is 0 Å². The molecule has 0 radical (unpaired) electrons. The number of methoxy groups -OCH3 is 1. The van der Waals surface area contributed by atoms with Crippen molar-refractivity contribution in [3.05, 3.63) is 21.9 Å². The minimum atomic E-state index is 0.625. The van der Waals surface area contributed by atoms with Crippen LogP contribution < -0.4 is 0 Å². The lowest BCUT2D eigenvalue weighted by molar-refractivity contribution is 0.184. The van der Waals surface area contributed by atoms with E-state index < -0.39 is 0 Å². The molecule has 0 N–H and O–H groups in total. The molecule has 0 fully saturated rings. The monoisotopic (exact) mass is 170 g/mol. The molecule has 1 aromatic heterocycles. The van der Waals surface area contributed by atoms with Gasteiger partial charge in [0.25, 0.3) is 0 Å². The molecule has 11 heavy (non-hydrogen) atoms. The Bertz CT molecular complexity index is 215. The molecule has 0 aliphatic rings. The van der Waals surface area contributed by atoms with Crippen molar-refractivity contribution < 1.29 is 4.74 Å². The summed E-state index contributed by atoms with van der Waals surface area (Å²) < 4.78 is 5.08. The van der Waals surface area contributed by atoms with Gasteiger partial charge in [0.15, 0.2) is 0 Å². The second-order valence-corrected chi connectivity index (χ2v) is 3.85. The Morgan fingerprint density at radius 1 is 1.55 bits per heavy atom. The maximum Gasteiger partial charge on any atom is 0.0723 e. The molecule has 2 heteroatoms. The second-order valence-electron chi connectivity index (χ2n) is 2.90. The van der Waals surface area contributed by atoms with Gasteiger partial charge in [-0.1, -0.05) is 13.8 Å². The van der Waals surface area contributed by atoms with Crippen LogP contribution in [-0.4, -0.2) is 7.11 Å². The molecular weight excluding hydrogens is 156 g/mol. The van der Waals surface area contributed by atoms with Gasteiger partial charge in [-0.2, -0.15) is 0 Å². The molecule has 1 heterocycles. The predicted molar refractivity (Wildman–Crippen MR) is 49.1 cm³/mol. The van der Waals surface area contributed by atoms with E-state index in [1.54, 1.807) is 7.11 Å². The molecule has 0 saturated heterocycles. The van der Waals surface area contributed by atoms with Gasteiger partial charge in [-0.3, -0.25) is 0 Å². The van der Waals surface area contributed by atoms with E-state index in [2.05, 4.69) is 25.3 Å². The fourth-order valence-electron chi connectivity index (χ4n) is 1.13. The smallest absolute Gasteiger partial charge is 0.0723 e. The van der Waals surface area contributed by atoms with E-state index in [9.17, 15) is 0 Å². The first-order valence-electron chi connectivity index (χ1n) is 3.81. The molecule has 1 aromatic rings. The average molecular weight is 170 g/mol. The van der Waals surface area contributed by atoms with Crippen LogP contribution >= 0.6 is 11.3 Å². The maximum absolute atomic E-state index is 5.08. The van der Waals surface area contributed by atoms with Crippen LogP contribution in [-0.2, 0) is 11.3 Å². The lowest BCUT2D eigenvalue weighted by atomic mass is 10.1. The highest BCUT2D eigenvalue weighted by atomic mass is 32.1. The summed E-state index contributed by atoms with van der Waals surface area (Å²) in [6.07, 6.45) is 0. The quantitative estimate of drug-likeness (QED) is 0.677. The highest BCUT2D eigenvalue weighted by Crippen LogP contribution is 2.25. The lowest BCUT2D eigenvalue weighted by Gasteiger charge is -2.04. The van der Waals surface area contributed by atoms with E-state index in [4.69, 9.17) is 4.74 Å². The van der Waals surface area contributed by atoms with Gasteiger partial charge in [-0.05, 0) is 22.9 Å². The van der Waals surface area contributed by atoms with Crippen molar-refractivity contribution in [1.82, 2.24) is 0 Å². The third-order valence-electron chi connectivity index (χ3n) is 1.60. The van der Waals surface area contributed by atoms with Gasteiger partial charge in [-0.15, -0.1) is 11.3 Å². The van der Waals surface area contributed by atoms with Crippen LogP contribution in [0.5, 0.6) is 0 Å². The first-order chi connectivity index (χ1) is 5.25. The molecule has 0 atom stereocenters. The topological polar surface area (TPSA) is 9.23 Å². The van der Waals surface area contributed by atoms with Crippen molar-refractivity contribution >= 4 is 11.3 Å². The van der Waals surface area contributed by atoms with Gasteiger partial charge in [0.05, 0.1) is 6.61 Å². The third kappa shape index (κ3) is 2.04. The first-order valence-corrected chi connectivity index (χ1v) is 4.69. The summed E-state index contributed by atoms with van der Waals surface area (Å²) in [6.45, 7) is 5.17. The van der Waals surface area contributed by atoms with Crippen LogP contribution in [0.25, 0.3) is 0 Å². The standard InChI is InChI=1S/C9H14OS/c1-7(2)9-8(6-10-3)4-5-11-9/h4-5,7H,6H2,1-3H3. The fourth-order valence-corrected chi connectivity index (χ4v) is 2.06. The number of rotatable bonds is 3. The van der Waals surface area contributed by atoms with Crippen LogP contribution in [0.4, 0.5) is 0 Å². The Balaban J connectivity index is 2.78. The van der Waals surface area contributed by atoms with Gasteiger partial charge in [0, 0.05) is 12.0 Å². The van der Waals surface area contributed by atoms with Gasteiger partial charge in [0.2, 0.25) is 0 Å². The third-order valence-corrected chi connectivity index (χ3v) is 2.86. The zero-order valence-corrected chi connectivity index (χ0v) is 8.07. The Hall–Kier alpha value is -0.340. The molecule has 0 bridgehead atoms. The van der Waals surface area contributed by atoms with Crippen molar-refractivity contribution in [2.75, 3.05) is 7.11 Å². The van der Waals surface area contributed by atoms with E-state index in [1.165, 1.54) is 10.4 Å². The minimum absolute atomic E-state index is 0.625. The van der Waals surface area contributed by atoms with Crippen LogP contribution in [0.2, 0.25) is 0 Å². The van der Waals surface area contributed by atoms with Crippen LogP contribution in [0.1, 0.15) is 30.2 Å². The first kappa shape index (κ1) is 8.75.